The number of carboxylic acid groups (broad SMARTS) is 1. The molecule has 2 unspecified atom stereocenters. The number of rotatable bonds is 3. The lowest BCUT2D eigenvalue weighted by molar-refractivity contribution is -0.145. The molecule has 0 aromatic rings. The molecule has 0 radical (unpaired) electrons. The van der Waals surface area contributed by atoms with Crippen LogP contribution in [0.25, 0.3) is 0 Å². The van der Waals surface area contributed by atoms with E-state index in [0.29, 0.717) is 25.3 Å². The van der Waals surface area contributed by atoms with E-state index in [1.807, 2.05) is 4.90 Å². The summed E-state index contributed by atoms with van der Waals surface area (Å²) in [5.41, 5.74) is 0. The van der Waals surface area contributed by atoms with E-state index < -0.39 is 5.97 Å². The molecule has 4 heteroatoms. The number of carboxylic acids is 1. The van der Waals surface area contributed by atoms with Gasteiger partial charge < -0.3 is 5.11 Å². The summed E-state index contributed by atoms with van der Waals surface area (Å²) in [7, 11) is 0. The number of nitrogens with zero attached hydrogens (tertiary/aromatic N) is 2. The van der Waals surface area contributed by atoms with Crippen molar-refractivity contribution in [3.05, 3.63) is 0 Å². The zero-order valence-electron chi connectivity index (χ0n) is 8.44. The summed E-state index contributed by atoms with van der Waals surface area (Å²) < 4.78 is 0. The van der Waals surface area contributed by atoms with E-state index in [2.05, 4.69) is 13.0 Å². The Morgan fingerprint density at radius 1 is 1.71 bits per heavy atom. The first-order chi connectivity index (χ1) is 6.65. The van der Waals surface area contributed by atoms with E-state index >= 15 is 0 Å². The van der Waals surface area contributed by atoms with Crippen molar-refractivity contribution >= 4 is 5.97 Å². The SMILES string of the molecule is CC1CCN(CCC#N)C(C(=O)O)C1. The van der Waals surface area contributed by atoms with E-state index in [4.69, 9.17) is 10.4 Å². The largest absolute Gasteiger partial charge is 0.480 e. The van der Waals surface area contributed by atoms with Gasteiger partial charge in [0.2, 0.25) is 0 Å². The lowest BCUT2D eigenvalue weighted by Crippen LogP contribution is -2.47. The number of nitriles is 1. The Bertz CT molecular complexity index is 247. The molecule has 1 aliphatic rings. The van der Waals surface area contributed by atoms with Crippen LogP contribution in [0.4, 0.5) is 0 Å². The first kappa shape index (κ1) is 11.0. The molecular formula is C10H16N2O2. The highest BCUT2D eigenvalue weighted by Gasteiger charge is 2.30. The molecule has 2 atom stereocenters. The molecule has 1 saturated heterocycles. The highest BCUT2D eigenvalue weighted by Crippen LogP contribution is 2.22. The predicted molar refractivity (Wildman–Crippen MR) is 51.6 cm³/mol. The fourth-order valence-electron chi connectivity index (χ4n) is 1.91. The third-order valence-corrected chi connectivity index (χ3v) is 2.77. The second-order valence-corrected chi connectivity index (χ2v) is 3.93. The maximum atomic E-state index is 10.9. The standard InChI is InChI=1S/C10H16N2O2/c1-8-3-6-12(5-2-4-11)9(7-8)10(13)14/h8-9H,2-3,5-7H2,1H3,(H,13,14). The van der Waals surface area contributed by atoms with Gasteiger partial charge in [-0.15, -0.1) is 0 Å². The second-order valence-electron chi connectivity index (χ2n) is 3.93. The van der Waals surface area contributed by atoms with E-state index in [1.165, 1.54) is 0 Å². The van der Waals surface area contributed by atoms with Crippen molar-refractivity contribution in [2.24, 2.45) is 5.92 Å². The van der Waals surface area contributed by atoms with Crippen LogP contribution in [0, 0.1) is 17.2 Å². The van der Waals surface area contributed by atoms with Crippen LogP contribution >= 0.6 is 0 Å². The van der Waals surface area contributed by atoms with Gasteiger partial charge in [0.05, 0.1) is 6.07 Å². The molecule has 14 heavy (non-hydrogen) atoms. The fraction of sp³-hybridized carbons (Fsp3) is 0.800. The maximum absolute atomic E-state index is 10.9. The summed E-state index contributed by atoms with van der Waals surface area (Å²) in [6, 6.07) is 1.67. The summed E-state index contributed by atoms with van der Waals surface area (Å²) in [4.78, 5) is 12.9. The van der Waals surface area contributed by atoms with Crippen molar-refractivity contribution < 1.29 is 9.90 Å². The van der Waals surface area contributed by atoms with Crippen molar-refractivity contribution in [1.29, 1.82) is 5.26 Å². The Kier molecular flexibility index (Phi) is 3.90. The van der Waals surface area contributed by atoms with E-state index in [0.717, 1.165) is 13.0 Å². The molecule has 1 N–H and O–H groups in total. The molecule has 0 saturated carbocycles. The van der Waals surface area contributed by atoms with Crippen LogP contribution in [0.2, 0.25) is 0 Å². The van der Waals surface area contributed by atoms with Crippen LogP contribution in [0.3, 0.4) is 0 Å². The summed E-state index contributed by atoms with van der Waals surface area (Å²) >= 11 is 0. The van der Waals surface area contributed by atoms with Crippen molar-refractivity contribution in [3.8, 4) is 6.07 Å². The minimum Gasteiger partial charge on any atom is -0.480 e. The first-order valence-electron chi connectivity index (χ1n) is 4.99. The topological polar surface area (TPSA) is 64.3 Å². The Labute approximate surface area is 84.1 Å². The summed E-state index contributed by atoms with van der Waals surface area (Å²) in [5, 5.41) is 17.5. The second kappa shape index (κ2) is 4.97. The first-order valence-corrected chi connectivity index (χ1v) is 4.99. The average molecular weight is 196 g/mol. The van der Waals surface area contributed by atoms with E-state index in [-0.39, 0.29) is 6.04 Å². The van der Waals surface area contributed by atoms with Gasteiger partial charge in [-0.3, -0.25) is 9.69 Å². The molecule has 4 nitrogen and oxygen atoms in total. The molecular weight excluding hydrogens is 180 g/mol. The van der Waals surface area contributed by atoms with Crippen LogP contribution in [0.15, 0.2) is 0 Å². The number of hydrogen-bond donors (Lipinski definition) is 1. The number of likely N-dealkylation sites (tertiary alicyclic amines) is 1. The van der Waals surface area contributed by atoms with Crippen molar-refractivity contribution in [1.82, 2.24) is 4.90 Å². The van der Waals surface area contributed by atoms with Crippen LogP contribution < -0.4 is 0 Å². The van der Waals surface area contributed by atoms with Gasteiger partial charge >= 0.3 is 5.97 Å². The molecule has 78 valence electrons. The predicted octanol–water partition coefficient (Wildman–Crippen LogP) is 1.09. The van der Waals surface area contributed by atoms with Gasteiger partial charge in [0.1, 0.15) is 6.04 Å². The highest BCUT2D eigenvalue weighted by molar-refractivity contribution is 5.73. The van der Waals surface area contributed by atoms with Crippen LogP contribution in [0.1, 0.15) is 26.2 Å². The van der Waals surface area contributed by atoms with Gasteiger partial charge in [0, 0.05) is 13.0 Å². The zero-order valence-corrected chi connectivity index (χ0v) is 8.44. The fourth-order valence-corrected chi connectivity index (χ4v) is 1.91. The molecule has 1 heterocycles. The maximum Gasteiger partial charge on any atom is 0.320 e. The highest BCUT2D eigenvalue weighted by atomic mass is 16.4. The minimum absolute atomic E-state index is 0.382. The quantitative estimate of drug-likeness (QED) is 0.733. The lowest BCUT2D eigenvalue weighted by Gasteiger charge is -2.35. The summed E-state index contributed by atoms with van der Waals surface area (Å²) in [6.07, 6.45) is 2.16. The third-order valence-electron chi connectivity index (χ3n) is 2.77. The average Bonchev–Trinajstić information content (AvgIpc) is 2.15. The molecule has 0 bridgehead atoms. The minimum atomic E-state index is -0.755. The van der Waals surface area contributed by atoms with Gasteiger partial charge in [-0.05, 0) is 25.3 Å². The molecule has 1 aliphatic heterocycles. The number of carbonyl (C=O) groups is 1. The number of aliphatic carboxylic acids is 1. The molecule has 0 amide bonds. The van der Waals surface area contributed by atoms with Crippen LogP contribution in [-0.4, -0.2) is 35.1 Å². The Morgan fingerprint density at radius 3 is 3.00 bits per heavy atom. The summed E-state index contributed by atoms with van der Waals surface area (Å²) in [6.45, 7) is 3.47. The van der Waals surface area contributed by atoms with Gasteiger partial charge in [-0.25, -0.2) is 0 Å². The molecule has 0 spiro atoms. The smallest absolute Gasteiger partial charge is 0.320 e. The normalized spacial score (nSPS) is 28.3. The van der Waals surface area contributed by atoms with Crippen molar-refractivity contribution in [2.75, 3.05) is 13.1 Å². The molecule has 1 rings (SSSR count). The zero-order chi connectivity index (χ0) is 10.6. The Morgan fingerprint density at radius 2 is 2.43 bits per heavy atom. The number of piperidine rings is 1. The summed E-state index contributed by atoms with van der Waals surface area (Å²) in [5.74, 6) is -0.274. The molecule has 0 aromatic heterocycles. The van der Waals surface area contributed by atoms with Crippen molar-refractivity contribution in [2.45, 2.75) is 32.2 Å². The number of hydrogen-bond acceptors (Lipinski definition) is 3. The Balaban J connectivity index is 2.54. The van der Waals surface area contributed by atoms with Gasteiger partial charge in [-0.2, -0.15) is 5.26 Å². The van der Waals surface area contributed by atoms with Gasteiger partial charge in [0.15, 0.2) is 0 Å². The van der Waals surface area contributed by atoms with Gasteiger partial charge in [0.25, 0.3) is 0 Å². The van der Waals surface area contributed by atoms with Gasteiger partial charge in [-0.1, -0.05) is 6.92 Å². The van der Waals surface area contributed by atoms with Crippen LogP contribution in [-0.2, 0) is 4.79 Å². The third kappa shape index (κ3) is 2.71. The van der Waals surface area contributed by atoms with E-state index in [9.17, 15) is 4.79 Å². The molecule has 1 fully saturated rings. The van der Waals surface area contributed by atoms with Crippen molar-refractivity contribution in [3.63, 3.8) is 0 Å². The lowest BCUT2D eigenvalue weighted by atomic mass is 9.92. The van der Waals surface area contributed by atoms with E-state index in [1.54, 1.807) is 0 Å². The molecule has 0 aromatic carbocycles. The Hall–Kier alpha value is -1.08. The molecule has 0 aliphatic carbocycles. The monoisotopic (exact) mass is 196 g/mol. The van der Waals surface area contributed by atoms with Crippen LogP contribution in [0.5, 0.6) is 0 Å².